The maximum Gasteiger partial charge on any atom is 0.233 e. The minimum Gasteiger partial charge on any atom is -0.343 e. The van der Waals surface area contributed by atoms with E-state index in [9.17, 15) is 9.18 Å². The van der Waals surface area contributed by atoms with Crippen LogP contribution in [0.5, 0.6) is 0 Å². The molecule has 1 amide bonds. The summed E-state index contributed by atoms with van der Waals surface area (Å²) in [4.78, 5) is 13.8. The van der Waals surface area contributed by atoms with E-state index in [0.29, 0.717) is 23.4 Å². The Bertz CT molecular complexity index is 769. The van der Waals surface area contributed by atoms with Crippen LogP contribution in [0.4, 0.5) is 4.39 Å². The second-order valence-electron chi connectivity index (χ2n) is 5.42. The number of benzene rings is 1. The molecule has 6 nitrogen and oxygen atoms in total. The van der Waals surface area contributed by atoms with E-state index in [1.807, 2.05) is 20.8 Å². The van der Waals surface area contributed by atoms with Crippen LogP contribution in [0.1, 0.15) is 31.6 Å². The third kappa shape index (κ3) is 5.05. The largest absolute Gasteiger partial charge is 0.343 e. The van der Waals surface area contributed by atoms with Crippen molar-refractivity contribution in [2.45, 2.75) is 36.3 Å². The van der Waals surface area contributed by atoms with E-state index in [1.54, 1.807) is 17.0 Å². The summed E-state index contributed by atoms with van der Waals surface area (Å²) in [7, 11) is 0. The summed E-state index contributed by atoms with van der Waals surface area (Å²) in [5, 5.41) is 9.14. The standard InChI is InChI=1S/C16H21ClFN5OS2/c1-4-22(5-2)14(24)9-25-15-20-21-16(23(15)19)26-10(3)11-6-7-13(18)12(17)8-11/h6-8,10H,4-5,9,19H2,1-3H3. The summed E-state index contributed by atoms with van der Waals surface area (Å²) in [6.45, 7) is 7.17. The molecule has 2 aromatic rings. The van der Waals surface area contributed by atoms with E-state index in [4.69, 9.17) is 17.4 Å². The van der Waals surface area contributed by atoms with Crippen LogP contribution in [-0.4, -0.2) is 44.5 Å². The molecule has 0 saturated carbocycles. The van der Waals surface area contributed by atoms with Crippen molar-refractivity contribution in [1.82, 2.24) is 19.8 Å². The zero-order valence-electron chi connectivity index (χ0n) is 14.8. The molecule has 10 heteroatoms. The highest BCUT2D eigenvalue weighted by Crippen LogP contribution is 2.35. The van der Waals surface area contributed by atoms with Gasteiger partial charge in [-0.15, -0.1) is 10.2 Å². The first kappa shape index (κ1) is 20.9. The van der Waals surface area contributed by atoms with Crippen molar-refractivity contribution in [2.75, 3.05) is 24.7 Å². The van der Waals surface area contributed by atoms with Crippen LogP contribution in [0.15, 0.2) is 28.5 Å². The summed E-state index contributed by atoms with van der Waals surface area (Å²) in [5.74, 6) is 5.89. The third-order valence-corrected chi connectivity index (χ3v) is 6.10. The molecular formula is C16H21ClFN5OS2. The molecule has 0 bridgehead atoms. The molecule has 0 spiro atoms. The van der Waals surface area contributed by atoms with Crippen molar-refractivity contribution in [2.24, 2.45) is 0 Å². The first-order chi connectivity index (χ1) is 12.4. The maximum absolute atomic E-state index is 13.3. The predicted molar refractivity (Wildman–Crippen MR) is 105 cm³/mol. The fourth-order valence-electron chi connectivity index (χ4n) is 2.23. The fraction of sp³-hybridized carbons (Fsp3) is 0.438. The number of thioether (sulfide) groups is 2. The van der Waals surface area contributed by atoms with Gasteiger partial charge in [0, 0.05) is 18.3 Å². The first-order valence-corrected chi connectivity index (χ1v) is 10.3. The highest BCUT2D eigenvalue weighted by atomic mass is 35.5. The van der Waals surface area contributed by atoms with E-state index >= 15 is 0 Å². The number of hydrogen-bond acceptors (Lipinski definition) is 6. The van der Waals surface area contributed by atoms with Crippen LogP contribution >= 0.6 is 35.1 Å². The van der Waals surface area contributed by atoms with Crippen LogP contribution in [0, 0.1) is 5.82 Å². The Hall–Kier alpha value is -1.45. The van der Waals surface area contributed by atoms with Gasteiger partial charge in [0.2, 0.25) is 16.2 Å². The molecule has 2 rings (SSSR count). The van der Waals surface area contributed by atoms with E-state index in [1.165, 1.54) is 34.3 Å². The predicted octanol–water partition coefficient (Wildman–Crippen LogP) is 3.60. The molecule has 142 valence electrons. The number of halogens is 2. The van der Waals surface area contributed by atoms with Gasteiger partial charge in [0.1, 0.15) is 5.82 Å². The van der Waals surface area contributed by atoms with E-state index in [0.717, 1.165) is 5.56 Å². The van der Waals surface area contributed by atoms with Crippen LogP contribution < -0.4 is 5.84 Å². The van der Waals surface area contributed by atoms with Gasteiger partial charge in [-0.05, 0) is 38.5 Å². The number of carbonyl (C=O) groups excluding carboxylic acids is 1. The van der Waals surface area contributed by atoms with Gasteiger partial charge in [-0.1, -0.05) is 41.2 Å². The Balaban J connectivity index is 2.01. The Morgan fingerprint density at radius 3 is 2.62 bits per heavy atom. The van der Waals surface area contributed by atoms with E-state index in [-0.39, 0.29) is 21.9 Å². The number of nitrogens with two attached hydrogens (primary N) is 1. The Morgan fingerprint density at radius 1 is 1.35 bits per heavy atom. The van der Waals surface area contributed by atoms with Crippen LogP contribution in [0.3, 0.4) is 0 Å². The van der Waals surface area contributed by atoms with Crippen molar-refractivity contribution < 1.29 is 9.18 Å². The molecule has 1 aromatic carbocycles. The molecule has 0 aliphatic carbocycles. The molecule has 0 radical (unpaired) electrons. The van der Waals surface area contributed by atoms with Crippen molar-refractivity contribution in [3.8, 4) is 0 Å². The summed E-state index contributed by atoms with van der Waals surface area (Å²) < 4.78 is 14.7. The normalized spacial score (nSPS) is 12.2. The summed E-state index contributed by atoms with van der Waals surface area (Å²) in [6.07, 6.45) is 0. The topological polar surface area (TPSA) is 77.0 Å². The molecule has 1 heterocycles. The van der Waals surface area contributed by atoms with Gasteiger partial charge in [-0.2, -0.15) is 0 Å². The maximum atomic E-state index is 13.3. The summed E-state index contributed by atoms with van der Waals surface area (Å²) >= 11 is 8.47. The lowest BCUT2D eigenvalue weighted by Crippen LogP contribution is -2.32. The monoisotopic (exact) mass is 417 g/mol. The van der Waals surface area contributed by atoms with Gasteiger partial charge in [0.15, 0.2) is 0 Å². The van der Waals surface area contributed by atoms with Crippen LogP contribution in [0.2, 0.25) is 5.02 Å². The number of hydrogen-bond donors (Lipinski definition) is 1. The van der Waals surface area contributed by atoms with Gasteiger partial charge in [0.05, 0.1) is 10.8 Å². The van der Waals surface area contributed by atoms with Crippen molar-refractivity contribution >= 4 is 41.0 Å². The molecule has 0 fully saturated rings. The molecule has 2 N–H and O–H groups in total. The smallest absolute Gasteiger partial charge is 0.233 e. The highest BCUT2D eigenvalue weighted by molar-refractivity contribution is 8.00. The second kappa shape index (κ2) is 9.48. The number of amides is 1. The van der Waals surface area contributed by atoms with Crippen LogP contribution in [-0.2, 0) is 4.79 Å². The van der Waals surface area contributed by atoms with Gasteiger partial charge in [-0.3, -0.25) is 4.79 Å². The lowest BCUT2D eigenvalue weighted by Gasteiger charge is -2.17. The molecule has 0 aliphatic rings. The summed E-state index contributed by atoms with van der Waals surface area (Å²) in [6, 6.07) is 4.60. The number of carbonyl (C=O) groups is 1. The summed E-state index contributed by atoms with van der Waals surface area (Å²) in [5.41, 5.74) is 0.857. The van der Waals surface area contributed by atoms with Gasteiger partial charge in [-0.25, -0.2) is 9.07 Å². The fourth-order valence-corrected chi connectivity index (χ4v) is 4.12. The Morgan fingerprint density at radius 2 is 2.00 bits per heavy atom. The number of nitrogens with zero attached hydrogens (tertiary/aromatic N) is 4. The zero-order valence-corrected chi connectivity index (χ0v) is 17.2. The van der Waals surface area contributed by atoms with Crippen molar-refractivity contribution in [3.63, 3.8) is 0 Å². The number of nitrogen functional groups attached to an aromatic ring is 1. The van der Waals surface area contributed by atoms with Crippen molar-refractivity contribution in [3.05, 3.63) is 34.6 Å². The molecular weight excluding hydrogens is 397 g/mol. The number of rotatable bonds is 8. The number of aromatic nitrogens is 3. The quantitative estimate of drug-likeness (QED) is 0.522. The van der Waals surface area contributed by atoms with Gasteiger partial charge < -0.3 is 10.7 Å². The van der Waals surface area contributed by atoms with Crippen molar-refractivity contribution in [1.29, 1.82) is 0 Å². The Labute approximate surface area is 165 Å². The van der Waals surface area contributed by atoms with E-state index in [2.05, 4.69) is 10.2 Å². The molecule has 0 saturated heterocycles. The average molecular weight is 418 g/mol. The van der Waals surface area contributed by atoms with Crippen LogP contribution in [0.25, 0.3) is 0 Å². The lowest BCUT2D eigenvalue weighted by atomic mass is 10.2. The molecule has 1 aromatic heterocycles. The molecule has 0 aliphatic heterocycles. The second-order valence-corrected chi connectivity index (χ2v) is 8.08. The molecule has 1 atom stereocenters. The van der Waals surface area contributed by atoms with E-state index < -0.39 is 5.82 Å². The minimum absolute atomic E-state index is 0.0338. The Kier molecular flexibility index (Phi) is 7.60. The van der Waals surface area contributed by atoms with Gasteiger partial charge in [0.25, 0.3) is 0 Å². The van der Waals surface area contributed by atoms with Gasteiger partial charge >= 0.3 is 0 Å². The third-order valence-electron chi connectivity index (χ3n) is 3.77. The molecule has 1 unspecified atom stereocenters. The first-order valence-electron chi connectivity index (χ1n) is 8.10. The lowest BCUT2D eigenvalue weighted by molar-refractivity contribution is -0.127. The minimum atomic E-state index is -0.453. The molecule has 26 heavy (non-hydrogen) atoms. The average Bonchev–Trinajstić information content (AvgIpc) is 2.96. The highest BCUT2D eigenvalue weighted by Gasteiger charge is 2.18. The zero-order chi connectivity index (χ0) is 19.3. The SMILES string of the molecule is CCN(CC)C(=O)CSc1nnc(SC(C)c2ccc(F)c(Cl)c2)n1N.